The fourth-order valence-corrected chi connectivity index (χ4v) is 2.90. The van der Waals surface area contributed by atoms with Gasteiger partial charge >= 0.3 is 0 Å². The fourth-order valence-electron chi connectivity index (χ4n) is 2.90. The first-order valence-corrected chi connectivity index (χ1v) is 7.11. The SMILES string of the molecule is Fc1cc(F)cc(CCN2CCNC(C3CC3)C2)c1. The molecule has 1 N–H and O–H groups in total. The molecule has 104 valence electrons. The maximum atomic E-state index is 13.1. The molecule has 4 heteroatoms. The average Bonchev–Trinajstić information content (AvgIpc) is 3.20. The molecule has 1 saturated heterocycles. The molecule has 0 aromatic heterocycles. The Morgan fingerprint density at radius 3 is 2.58 bits per heavy atom. The van der Waals surface area contributed by atoms with Crippen LogP contribution in [0.4, 0.5) is 8.78 Å². The van der Waals surface area contributed by atoms with E-state index in [0.717, 1.165) is 43.7 Å². The van der Waals surface area contributed by atoms with Crippen LogP contribution in [0, 0.1) is 17.6 Å². The first-order valence-electron chi connectivity index (χ1n) is 7.11. The maximum absolute atomic E-state index is 13.1. The van der Waals surface area contributed by atoms with Crippen LogP contribution in [0.25, 0.3) is 0 Å². The predicted octanol–water partition coefficient (Wildman–Crippen LogP) is 2.19. The van der Waals surface area contributed by atoms with Crippen molar-refractivity contribution in [2.45, 2.75) is 25.3 Å². The normalized spacial score (nSPS) is 24.6. The molecule has 1 aromatic carbocycles. The molecule has 2 fully saturated rings. The molecular weight excluding hydrogens is 246 g/mol. The van der Waals surface area contributed by atoms with Crippen LogP contribution in [0.3, 0.4) is 0 Å². The summed E-state index contributed by atoms with van der Waals surface area (Å²) in [4.78, 5) is 2.41. The minimum absolute atomic E-state index is 0.480. The predicted molar refractivity (Wildman–Crippen MR) is 71.0 cm³/mol. The molecule has 1 saturated carbocycles. The lowest BCUT2D eigenvalue weighted by atomic mass is 10.1. The Morgan fingerprint density at radius 1 is 1.16 bits per heavy atom. The monoisotopic (exact) mass is 266 g/mol. The highest BCUT2D eigenvalue weighted by atomic mass is 19.1. The molecule has 1 heterocycles. The van der Waals surface area contributed by atoms with Crippen LogP contribution in [-0.4, -0.2) is 37.1 Å². The second kappa shape index (κ2) is 5.55. The molecule has 3 rings (SSSR count). The van der Waals surface area contributed by atoms with Gasteiger partial charge in [-0.15, -0.1) is 0 Å². The molecule has 0 radical (unpaired) electrons. The zero-order valence-electron chi connectivity index (χ0n) is 11.0. The number of hydrogen-bond donors (Lipinski definition) is 1. The van der Waals surface area contributed by atoms with Crippen LogP contribution in [0.2, 0.25) is 0 Å². The molecular formula is C15H20F2N2. The van der Waals surface area contributed by atoms with E-state index in [-0.39, 0.29) is 0 Å². The minimum Gasteiger partial charge on any atom is -0.311 e. The van der Waals surface area contributed by atoms with Crippen LogP contribution in [0.1, 0.15) is 18.4 Å². The summed E-state index contributed by atoms with van der Waals surface area (Å²) in [6.45, 7) is 4.01. The summed E-state index contributed by atoms with van der Waals surface area (Å²) in [7, 11) is 0. The largest absolute Gasteiger partial charge is 0.311 e. The third kappa shape index (κ3) is 3.51. The second-order valence-corrected chi connectivity index (χ2v) is 5.73. The summed E-state index contributed by atoms with van der Waals surface area (Å²) in [6.07, 6.45) is 3.41. The van der Waals surface area contributed by atoms with E-state index < -0.39 is 11.6 Å². The molecule has 2 aliphatic rings. The number of rotatable bonds is 4. The van der Waals surface area contributed by atoms with Gasteiger partial charge in [0.05, 0.1) is 0 Å². The third-order valence-electron chi connectivity index (χ3n) is 4.12. The van der Waals surface area contributed by atoms with E-state index in [1.54, 1.807) is 0 Å². The van der Waals surface area contributed by atoms with Gasteiger partial charge in [-0.1, -0.05) is 0 Å². The Bertz CT molecular complexity index is 426. The fraction of sp³-hybridized carbons (Fsp3) is 0.600. The highest BCUT2D eigenvalue weighted by Crippen LogP contribution is 2.33. The average molecular weight is 266 g/mol. The van der Waals surface area contributed by atoms with Gasteiger partial charge in [0.1, 0.15) is 11.6 Å². The number of nitrogens with zero attached hydrogens (tertiary/aromatic N) is 1. The van der Waals surface area contributed by atoms with E-state index in [2.05, 4.69) is 10.2 Å². The molecule has 1 aliphatic carbocycles. The van der Waals surface area contributed by atoms with Crippen molar-refractivity contribution >= 4 is 0 Å². The van der Waals surface area contributed by atoms with Gasteiger partial charge < -0.3 is 10.2 Å². The summed E-state index contributed by atoms with van der Waals surface area (Å²) in [5, 5.41) is 3.57. The van der Waals surface area contributed by atoms with E-state index in [0.29, 0.717) is 12.5 Å². The number of halogens is 2. The maximum Gasteiger partial charge on any atom is 0.126 e. The van der Waals surface area contributed by atoms with Crippen molar-refractivity contribution in [1.82, 2.24) is 10.2 Å². The van der Waals surface area contributed by atoms with Crippen molar-refractivity contribution in [3.63, 3.8) is 0 Å². The van der Waals surface area contributed by atoms with Gasteiger partial charge in [-0.2, -0.15) is 0 Å². The van der Waals surface area contributed by atoms with Crippen LogP contribution in [0.15, 0.2) is 18.2 Å². The molecule has 1 aromatic rings. The lowest BCUT2D eigenvalue weighted by Gasteiger charge is -2.33. The summed E-state index contributed by atoms with van der Waals surface area (Å²) in [5.74, 6) is -0.105. The van der Waals surface area contributed by atoms with Crippen molar-refractivity contribution in [3.8, 4) is 0 Å². The molecule has 0 amide bonds. The Morgan fingerprint density at radius 2 is 1.89 bits per heavy atom. The summed E-state index contributed by atoms with van der Waals surface area (Å²) < 4.78 is 26.2. The smallest absolute Gasteiger partial charge is 0.126 e. The standard InChI is InChI=1S/C15H20F2N2/c16-13-7-11(8-14(17)9-13)3-5-19-6-4-18-15(10-19)12-1-2-12/h7-9,12,15,18H,1-6,10H2. The first kappa shape index (κ1) is 13.0. The second-order valence-electron chi connectivity index (χ2n) is 5.73. The van der Waals surface area contributed by atoms with E-state index in [9.17, 15) is 8.78 Å². The van der Waals surface area contributed by atoms with Crippen LogP contribution in [0.5, 0.6) is 0 Å². The van der Waals surface area contributed by atoms with E-state index >= 15 is 0 Å². The number of piperazine rings is 1. The van der Waals surface area contributed by atoms with Gasteiger partial charge in [0.25, 0.3) is 0 Å². The molecule has 1 atom stereocenters. The zero-order valence-corrected chi connectivity index (χ0v) is 11.0. The first-order chi connectivity index (χ1) is 9.20. The van der Waals surface area contributed by atoms with Crippen LogP contribution < -0.4 is 5.32 Å². The lowest BCUT2D eigenvalue weighted by molar-refractivity contribution is 0.190. The zero-order chi connectivity index (χ0) is 13.2. The molecule has 0 bridgehead atoms. The molecule has 0 spiro atoms. The van der Waals surface area contributed by atoms with E-state index in [1.807, 2.05) is 0 Å². The van der Waals surface area contributed by atoms with Crippen molar-refractivity contribution in [2.24, 2.45) is 5.92 Å². The van der Waals surface area contributed by atoms with E-state index in [4.69, 9.17) is 0 Å². The van der Waals surface area contributed by atoms with Crippen molar-refractivity contribution < 1.29 is 8.78 Å². The number of nitrogens with one attached hydrogen (secondary N) is 1. The summed E-state index contributed by atoms with van der Waals surface area (Å²) >= 11 is 0. The van der Waals surface area contributed by atoms with Gasteiger partial charge in [0, 0.05) is 38.3 Å². The van der Waals surface area contributed by atoms with Gasteiger partial charge in [0.15, 0.2) is 0 Å². The summed E-state index contributed by atoms with van der Waals surface area (Å²) in [5.41, 5.74) is 0.749. The highest BCUT2D eigenvalue weighted by Gasteiger charge is 2.33. The Labute approximate surface area is 112 Å². The van der Waals surface area contributed by atoms with Crippen molar-refractivity contribution in [2.75, 3.05) is 26.2 Å². The highest BCUT2D eigenvalue weighted by molar-refractivity contribution is 5.18. The lowest BCUT2D eigenvalue weighted by Crippen LogP contribution is -2.52. The molecule has 19 heavy (non-hydrogen) atoms. The van der Waals surface area contributed by atoms with E-state index in [1.165, 1.54) is 25.0 Å². The third-order valence-corrected chi connectivity index (χ3v) is 4.12. The van der Waals surface area contributed by atoms with Gasteiger partial charge in [0.2, 0.25) is 0 Å². The molecule has 1 unspecified atom stereocenters. The Hall–Kier alpha value is -1.00. The number of benzene rings is 1. The van der Waals surface area contributed by atoms with Crippen molar-refractivity contribution in [3.05, 3.63) is 35.4 Å². The molecule has 1 aliphatic heterocycles. The topological polar surface area (TPSA) is 15.3 Å². The number of hydrogen-bond acceptors (Lipinski definition) is 2. The van der Waals surface area contributed by atoms with Gasteiger partial charge in [-0.05, 0) is 42.9 Å². The quantitative estimate of drug-likeness (QED) is 0.898. The Kier molecular flexibility index (Phi) is 3.80. The van der Waals surface area contributed by atoms with Crippen LogP contribution in [-0.2, 0) is 6.42 Å². The van der Waals surface area contributed by atoms with Crippen molar-refractivity contribution in [1.29, 1.82) is 0 Å². The van der Waals surface area contributed by atoms with Gasteiger partial charge in [-0.25, -0.2) is 8.78 Å². The van der Waals surface area contributed by atoms with Gasteiger partial charge in [-0.3, -0.25) is 0 Å². The Balaban J connectivity index is 1.53. The minimum atomic E-state index is -0.480. The van der Waals surface area contributed by atoms with Crippen LogP contribution >= 0.6 is 0 Å². The summed E-state index contributed by atoms with van der Waals surface area (Å²) in [6, 6.07) is 4.42. The molecule has 2 nitrogen and oxygen atoms in total.